The molecule has 1 N–H and O–H groups in total. The van der Waals surface area contributed by atoms with E-state index in [1.54, 1.807) is 11.0 Å². The number of ketones is 1. The molecule has 4 rings (SSSR count). The maximum Gasteiger partial charge on any atom is 0.263 e. The number of amides is 2. The monoisotopic (exact) mass is 439 g/mol. The second kappa shape index (κ2) is 8.89. The Morgan fingerprint density at radius 1 is 1.13 bits per heavy atom. The van der Waals surface area contributed by atoms with E-state index in [2.05, 4.69) is 10.3 Å². The highest BCUT2D eigenvalue weighted by Gasteiger charge is 2.30. The highest BCUT2D eigenvalue weighted by atomic mass is 32.1. The molecule has 154 valence electrons. The number of hydrogen-bond donors (Lipinski definition) is 1. The van der Waals surface area contributed by atoms with E-state index in [0.717, 1.165) is 18.4 Å². The first-order valence-electron chi connectivity index (χ1n) is 9.73. The van der Waals surface area contributed by atoms with Crippen LogP contribution in [0, 0.1) is 5.92 Å². The zero-order valence-electron chi connectivity index (χ0n) is 16.5. The molecule has 30 heavy (non-hydrogen) atoms. The summed E-state index contributed by atoms with van der Waals surface area (Å²) in [7, 11) is 0. The number of Topliss-reactive ketones (excluding diaryl/α,β-unsaturated/α-hetero) is 1. The molecule has 1 atom stereocenters. The van der Waals surface area contributed by atoms with E-state index in [-0.39, 0.29) is 23.5 Å². The summed E-state index contributed by atoms with van der Waals surface area (Å²) in [5, 5.41) is 5.16. The van der Waals surface area contributed by atoms with E-state index in [0.29, 0.717) is 33.7 Å². The molecule has 8 heteroatoms. The van der Waals surface area contributed by atoms with Crippen molar-refractivity contribution in [3.63, 3.8) is 0 Å². The molecule has 2 aromatic heterocycles. The van der Waals surface area contributed by atoms with Crippen LogP contribution in [-0.4, -0.2) is 40.6 Å². The third kappa shape index (κ3) is 4.34. The minimum atomic E-state index is -0.299. The van der Waals surface area contributed by atoms with E-state index in [9.17, 15) is 14.4 Å². The van der Waals surface area contributed by atoms with Gasteiger partial charge < -0.3 is 10.2 Å². The molecule has 0 radical (unpaired) electrons. The second-order valence-electron chi connectivity index (χ2n) is 7.18. The Morgan fingerprint density at radius 3 is 2.63 bits per heavy atom. The summed E-state index contributed by atoms with van der Waals surface area (Å²) in [6, 6.07) is 13.1. The van der Waals surface area contributed by atoms with Gasteiger partial charge in [-0.2, -0.15) is 0 Å². The number of rotatable bonds is 5. The summed E-state index contributed by atoms with van der Waals surface area (Å²) in [4.78, 5) is 45.1. The summed E-state index contributed by atoms with van der Waals surface area (Å²) in [6.07, 6.45) is 1.50. The lowest BCUT2D eigenvalue weighted by Crippen LogP contribution is -2.43. The maximum atomic E-state index is 12.9. The molecule has 0 bridgehead atoms. The highest BCUT2D eigenvalue weighted by molar-refractivity contribution is 7.18. The van der Waals surface area contributed by atoms with Crippen molar-refractivity contribution in [2.24, 2.45) is 5.92 Å². The molecule has 1 unspecified atom stereocenters. The SMILES string of the molecule is CC(=O)c1sc(NC(=O)C2CCCN(C(=O)c3cccs3)C2)nc1-c1ccccc1. The Labute approximate surface area is 182 Å². The number of nitrogens with zero attached hydrogens (tertiary/aromatic N) is 2. The van der Waals surface area contributed by atoms with Gasteiger partial charge in [-0.1, -0.05) is 47.7 Å². The Morgan fingerprint density at radius 2 is 1.93 bits per heavy atom. The standard InChI is InChI=1S/C22H21N3O3S2/c1-14(26)19-18(15-7-3-2-4-8-15)23-22(30-19)24-20(27)16-9-5-11-25(13-16)21(28)17-10-6-12-29-17/h2-4,6-8,10,12,16H,5,9,11,13H2,1H3,(H,23,24,27). The van der Waals surface area contributed by atoms with Crippen molar-refractivity contribution in [1.82, 2.24) is 9.88 Å². The van der Waals surface area contributed by atoms with Crippen LogP contribution in [0.15, 0.2) is 47.8 Å². The Kier molecular flexibility index (Phi) is 6.06. The van der Waals surface area contributed by atoms with E-state index < -0.39 is 0 Å². The summed E-state index contributed by atoms with van der Waals surface area (Å²) in [5.74, 6) is -0.575. The minimum absolute atomic E-state index is 0.0259. The molecule has 3 heterocycles. The summed E-state index contributed by atoms with van der Waals surface area (Å²) in [6.45, 7) is 2.55. The normalized spacial score (nSPS) is 16.3. The number of thiophene rings is 1. The van der Waals surface area contributed by atoms with Crippen LogP contribution in [-0.2, 0) is 4.79 Å². The lowest BCUT2D eigenvalue weighted by atomic mass is 9.97. The zero-order valence-corrected chi connectivity index (χ0v) is 18.1. The number of carbonyl (C=O) groups is 3. The van der Waals surface area contributed by atoms with Crippen LogP contribution in [0.5, 0.6) is 0 Å². The fourth-order valence-electron chi connectivity index (χ4n) is 3.54. The Bertz CT molecular complexity index is 1060. The molecule has 1 aromatic carbocycles. The van der Waals surface area contributed by atoms with Gasteiger partial charge in [0.2, 0.25) is 5.91 Å². The van der Waals surface area contributed by atoms with Crippen LogP contribution < -0.4 is 5.32 Å². The van der Waals surface area contributed by atoms with Crippen LogP contribution in [0.4, 0.5) is 5.13 Å². The predicted octanol–water partition coefficient (Wildman–Crippen LogP) is 4.57. The van der Waals surface area contributed by atoms with Gasteiger partial charge in [0.05, 0.1) is 21.4 Å². The smallest absolute Gasteiger partial charge is 0.263 e. The van der Waals surface area contributed by atoms with Crippen molar-refractivity contribution in [2.75, 3.05) is 18.4 Å². The number of nitrogens with one attached hydrogen (secondary N) is 1. The lowest BCUT2D eigenvalue weighted by molar-refractivity contribution is -0.121. The van der Waals surface area contributed by atoms with Gasteiger partial charge in [-0.25, -0.2) is 4.98 Å². The first kappa shape index (κ1) is 20.4. The van der Waals surface area contributed by atoms with Crippen LogP contribution in [0.3, 0.4) is 0 Å². The molecule has 0 saturated carbocycles. The number of carbonyl (C=O) groups excluding carboxylic acids is 3. The van der Waals surface area contributed by atoms with Crippen molar-refractivity contribution in [3.8, 4) is 11.3 Å². The number of hydrogen-bond acceptors (Lipinski definition) is 6. The van der Waals surface area contributed by atoms with Gasteiger partial charge in [0.25, 0.3) is 5.91 Å². The van der Waals surface area contributed by atoms with Gasteiger partial charge in [-0.05, 0) is 24.3 Å². The van der Waals surface area contributed by atoms with Gasteiger partial charge in [0, 0.05) is 25.6 Å². The molecular weight excluding hydrogens is 418 g/mol. The number of benzene rings is 1. The molecular formula is C22H21N3O3S2. The van der Waals surface area contributed by atoms with E-state index >= 15 is 0 Å². The van der Waals surface area contributed by atoms with Crippen LogP contribution in [0.2, 0.25) is 0 Å². The Hall–Kier alpha value is -2.84. The van der Waals surface area contributed by atoms with Crippen LogP contribution in [0.1, 0.15) is 39.1 Å². The van der Waals surface area contributed by atoms with Gasteiger partial charge in [0.1, 0.15) is 0 Å². The molecule has 3 aromatic rings. The number of thiazole rings is 1. The summed E-state index contributed by atoms with van der Waals surface area (Å²) >= 11 is 2.60. The van der Waals surface area contributed by atoms with E-state index in [1.807, 2.05) is 41.8 Å². The molecule has 0 aliphatic carbocycles. The van der Waals surface area contributed by atoms with Crippen molar-refractivity contribution in [1.29, 1.82) is 0 Å². The molecule has 1 fully saturated rings. The van der Waals surface area contributed by atoms with E-state index in [4.69, 9.17) is 0 Å². The predicted molar refractivity (Wildman–Crippen MR) is 119 cm³/mol. The zero-order chi connectivity index (χ0) is 21.1. The van der Waals surface area contributed by atoms with E-state index in [1.165, 1.54) is 29.6 Å². The van der Waals surface area contributed by atoms with Crippen molar-refractivity contribution < 1.29 is 14.4 Å². The average Bonchev–Trinajstić information content (AvgIpc) is 3.44. The minimum Gasteiger partial charge on any atom is -0.337 e. The summed E-state index contributed by atoms with van der Waals surface area (Å²) in [5.41, 5.74) is 1.42. The molecule has 0 spiro atoms. The number of aromatic nitrogens is 1. The topological polar surface area (TPSA) is 79.4 Å². The average molecular weight is 440 g/mol. The molecule has 1 saturated heterocycles. The summed E-state index contributed by atoms with van der Waals surface area (Å²) < 4.78 is 0. The fraction of sp³-hybridized carbons (Fsp3) is 0.273. The van der Waals surface area contributed by atoms with Crippen LogP contribution in [0.25, 0.3) is 11.3 Å². The first-order valence-corrected chi connectivity index (χ1v) is 11.4. The van der Waals surface area contributed by atoms with Crippen molar-refractivity contribution in [3.05, 3.63) is 57.6 Å². The molecule has 2 amide bonds. The van der Waals surface area contributed by atoms with Crippen LogP contribution >= 0.6 is 22.7 Å². The van der Waals surface area contributed by atoms with Crippen molar-refractivity contribution in [2.45, 2.75) is 19.8 Å². The third-order valence-corrected chi connectivity index (χ3v) is 6.97. The molecule has 1 aliphatic rings. The highest BCUT2D eigenvalue weighted by Crippen LogP contribution is 2.32. The number of piperidine rings is 1. The van der Waals surface area contributed by atoms with Gasteiger partial charge >= 0.3 is 0 Å². The third-order valence-electron chi connectivity index (χ3n) is 5.04. The maximum absolute atomic E-state index is 12.9. The van der Waals surface area contributed by atoms with Crippen molar-refractivity contribution >= 4 is 45.4 Å². The number of likely N-dealkylation sites (tertiary alicyclic amines) is 1. The quantitative estimate of drug-likeness (QED) is 0.591. The van der Waals surface area contributed by atoms with Gasteiger partial charge in [-0.15, -0.1) is 11.3 Å². The number of anilines is 1. The molecule has 6 nitrogen and oxygen atoms in total. The second-order valence-corrected chi connectivity index (χ2v) is 9.12. The first-order chi connectivity index (χ1) is 14.5. The van der Waals surface area contributed by atoms with Gasteiger partial charge in [-0.3, -0.25) is 14.4 Å². The Balaban J connectivity index is 1.48. The molecule has 1 aliphatic heterocycles. The van der Waals surface area contributed by atoms with Gasteiger partial charge in [0.15, 0.2) is 10.9 Å². The fourth-order valence-corrected chi connectivity index (χ4v) is 5.12. The lowest BCUT2D eigenvalue weighted by Gasteiger charge is -2.31. The largest absolute Gasteiger partial charge is 0.337 e.